The van der Waals surface area contributed by atoms with Crippen molar-refractivity contribution in [3.8, 4) is 0 Å². The van der Waals surface area contributed by atoms with Gasteiger partial charge in [0.05, 0.1) is 11.4 Å². The van der Waals surface area contributed by atoms with E-state index < -0.39 is 5.91 Å². The Balaban J connectivity index is 1.95. The Kier molecular flexibility index (Phi) is 4.94. The Morgan fingerprint density at radius 2 is 2.08 bits per heavy atom. The van der Waals surface area contributed by atoms with Gasteiger partial charge in [-0.2, -0.15) is 0 Å². The van der Waals surface area contributed by atoms with Gasteiger partial charge in [0.15, 0.2) is 11.5 Å². The number of amides is 1. The molecule has 1 aliphatic rings. The standard InChI is InChI=1S/C18H22FN5O/c1-10-15(12-3-4-12)24-18(16(22-10)17(20)25)23-14-8-11(5-6-21-2)7-13(19)9-14/h7-9,12,21H,3-6H2,1-2H3,(H2,20,25)(H,23,24). The molecule has 4 N–H and O–H groups in total. The van der Waals surface area contributed by atoms with Crippen molar-refractivity contribution in [2.75, 3.05) is 18.9 Å². The third-order valence-electron chi connectivity index (χ3n) is 4.19. The van der Waals surface area contributed by atoms with Crippen LogP contribution in [0.15, 0.2) is 18.2 Å². The number of nitrogens with one attached hydrogen (secondary N) is 2. The smallest absolute Gasteiger partial charge is 0.271 e. The van der Waals surface area contributed by atoms with E-state index in [2.05, 4.69) is 20.6 Å². The first kappa shape index (κ1) is 17.3. The van der Waals surface area contributed by atoms with Crippen LogP contribution in [0, 0.1) is 12.7 Å². The number of carbonyl (C=O) groups excluding carboxylic acids is 1. The van der Waals surface area contributed by atoms with E-state index in [1.54, 1.807) is 0 Å². The average molecular weight is 343 g/mol. The van der Waals surface area contributed by atoms with Crippen LogP contribution in [0.25, 0.3) is 0 Å². The number of rotatable bonds is 7. The Morgan fingerprint density at radius 1 is 1.32 bits per heavy atom. The first-order valence-corrected chi connectivity index (χ1v) is 8.37. The molecule has 1 amide bonds. The summed E-state index contributed by atoms with van der Waals surface area (Å²) in [7, 11) is 1.85. The van der Waals surface area contributed by atoms with Gasteiger partial charge in [0.25, 0.3) is 5.91 Å². The predicted octanol–water partition coefficient (Wildman–Crippen LogP) is 2.41. The van der Waals surface area contributed by atoms with Gasteiger partial charge in [0.1, 0.15) is 5.82 Å². The predicted molar refractivity (Wildman–Crippen MR) is 94.6 cm³/mol. The molecule has 0 atom stereocenters. The van der Waals surface area contributed by atoms with Gasteiger partial charge in [-0.25, -0.2) is 14.4 Å². The number of halogens is 1. The van der Waals surface area contributed by atoms with Crippen LogP contribution in [-0.2, 0) is 6.42 Å². The van der Waals surface area contributed by atoms with Crippen LogP contribution in [0.5, 0.6) is 0 Å². The van der Waals surface area contributed by atoms with E-state index in [1.807, 2.05) is 20.0 Å². The number of likely N-dealkylation sites (N-methyl/N-ethyl adjacent to an activating group) is 1. The zero-order valence-electron chi connectivity index (χ0n) is 14.4. The summed E-state index contributed by atoms with van der Waals surface area (Å²) >= 11 is 0. The van der Waals surface area contributed by atoms with Crippen molar-refractivity contribution in [2.45, 2.75) is 32.1 Å². The van der Waals surface area contributed by atoms with Gasteiger partial charge in [0, 0.05) is 11.6 Å². The Bertz CT molecular complexity index is 804. The highest BCUT2D eigenvalue weighted by atomic mass is 19.1. The molecule has 0 radical (unpaired) electrons. The number of nitrogens with two attached hydrogens (primary N) is 1. The van der Waals surface area contributed by atoms with Crippen molar-refractivity contribution < 1.29 is 9.18 Å². The van der Waals surface area contributed by atoms with E-state index in [0.717, 1.165) is 36.3 Å². The minimum atomic E-state index is -0.660. The maximum atomic E-state index is 13.9. The second-order valence-electron chi connectivity index (χ2n) is 6.36. The lowest BCUT2D eigenvalue weighted by Gasteiger charge is -2.13. The summed E-state index contributed by atoms with van der Waals surface area (Å²) in [5.74, 6) is -0.342. The lowest BCUT2D eigenvalue weighted by molar-refractivity contribution is 0.0996. The summed E-state index contributed by atoms with van der Waals surface area (Å²) in [6.07, 6.45) is 2.83. The van der Waals surface area contributed by atoms with Crippen LogP contribution in [-0.4, -0.2) is 29.5 Å². The number of hydrogen-bond acceptors (Lipinski definition) is 5. The summed E-state index contributed by atoms with van der Waals surface area (Å²) < 4.78 is 13.9. The van der Waals surface area contributed by atoms with Crippen molar-refractivity contribution in [1.82, 2.24) is 15.3 Å². The van der Waals surface area contributed by atoms with E-state index in [4.69, 9.17) is 5.73 Å². The molecule has 132 valence electrons. The molecule has 2 aromatic rings. The molecule has 0 spiro atoms. The first-order chi connectivity index (χ1) is 12.0. The molecule has 1 heterocycles. The summed E-state index contributed by atoms with van der Waals surface area (Å²) in [4.78, 5) is 20.6. The van der Waals surface area contributed by atoms with Crippen LogP contribution in [0.1, 0.15) is 46.2 Å². The van der Waals surface area contributed by atoms with E-state index >= 15 is 0 Å². The first-order valence-electron chi connectivity index (χ1n) is 8.37. The average Bonchev–Trinajstić information content (AvgIpc) is 3.38. The number of primary amides is 1. The highest BCUT2D eigenvalue weighted by molar-refractivity contribution is 5.96. The molecule has 1 fully saturated rings. The molecule has 1 saturated carbocycles. The molecule has 1 aliphatic carbocycles. The Morgan fingerprint density at radius 3 is 2.72 bits per heavy atom. The topological polar surface area (TPSA) is 92.9 Å². The number of hydrogen-bond donors (Lipinski definition) is 3. The van der Waals surface area contributed by atoms with Crippen LogP contribution < -0.4 is 16.4 Å². The molecule has 0 saturated heterocycles. The fraction of sp³-hybridized carbons (Fsp3) is 0.389. The summed E-state index contributed by atoms with van der Waals surface area (Å²) in [5.41, 5.74) is 8.47. The van der Waals surface area contributed by atoms with Gasteiger partial charge in [0.2, 0.25) is 0 Å². The van der Waals surface area contributed by atoms with Gasteiger partial charge in [-0.05, 0) is 63.5 Å². The molecule has 0 bridgehead atoms. The van der Waals surface area contributed by atoms with Crippen molar-refractivity contribution in [1.29, 1.82) is 0 Å². The van der Waals surface area contributed by atoms with Crippen LogP contribution >= 0.6 is 0 Å². The van der Waals surface area contributed by atoms with Crippen molar-refractivity contribution in [2.24, 2.45) is 5.73 Å². The molecule has 7 heteroatoms. The fourth-order valence-corrected chi connectivity index (χ4v) is 2.81. The van der Waals surface area contributed by atoms with E-state index in [0.29, 0.717) is 18.0 Å². The molecular formula is C18H22FN5O. The fourth-order valence-electron chi connectivity index (χ4n) is 2.81. The van der Waals surface area contributed by atoms with Gasteiger partial charge in [-0.3, -0.25) is 4.79 Å². The van der Waals surface area contributed by atoms with E-state index in [-0.39, 0.29) is 17.3 Å². The van der Waals surface area contributed by atoms with Crippen LogP contribution in [0.3, 0.4) is 0 Å². The van der Waals surface area contributed by atoms with Crippen molar-refractivity contribution >= 4 is 17.4 Å². The lowest BCUT2D eigenvalue weighted by Crippen LogP contribution is -2.18. The third-order valence-corrected chi connectivity index (χ3v) is 4.19. The monoisotopic (exact) mass is 343 g/mol. The number of carbonyl (C=O) groups is 1. The maximum Gasteiger partial charge on any atom is 0.271 e. The van der Waals surface area contributed by atoms with E-state index in [9.17, 15) is 9.18 Å². The number of nitrogens with zero attached hydrogens (tertiary/aromatic N) is 2. The molecule has 0 unspecified atom stereocenters. The number of aryl methyl sites for hydroxylation is 1. The zero-order valence-corrected chi connectivity index (χ0v) is 14.4. The molecule has 1 aromatic heterocycles. The normalized spacial score (nSPS) is 13.7. The Labute approximate surface area is 146 Å². The summed E-state index contributed by atoms with van der Waals surface area (Å²) in [6, 6.07) is 4.70. The van der Waals surface area contributed by atoms with E-state index in [1.165, 1.54) is 12.1 Å². The molecule has 25 heavy (non-hydrogen) atoms. The Hall–Kier alpha value is -2.54. The van der Waals surface area contributed by atoms with Gasteiger partial charge in [-0.1, -0.05) is 0 Å². The summed E-state index contributed by atoms with van der Waals surface area (Å²) in [5, 5.41) is 6.06. The molecule has 6 nitrogen and oxygen atoms in total. The second-order valence-corrected chi connectivity index (χ2v) is 6.36. The highest BCUT2D eigenvalue weighted by Gasteiger charge is 2.29. The molecule has 3 rings (SSSR count). The largest absolute Gasteiger partial charge is 0.364 e. The van der Waals surface area contributed by atoms with Gasteiger partial charge >= 0.3 is 0 Å². The van der Waals surface area contributed by atoms with Crippen molar-refractivity contribution in [3.63, 3.8) is 0 Å². The lowest BCUT2D eigenvalue weighted by atomic mass is 10.1. The minimum absolute atomic E-state index is 0.0722. The van der Waals surface area contributed by atoms with Crippen molar-refractivity contribution in [3.05, 3.63) is 46.7 Å². The SMILES string of the molecule is CNCCc1cc(F)cc(Nc2nc(C3CC3)c(C)nc2C(N)=O)c1. The zero-order chi connectivity index (χ0) is 18.0. The van der Waals surface area contributed by atoms with Crippen LogP contribution in [0.4, 0.5) is 15.9 Å². The number of benzene rings is 1. The maximum absolute atomic E-state index is 13.9. The quantitative estimate of drug-likeness (QED) is 0.718. The minimum Gasteiger partial charge on any atom is -0.364 e. The molecule has 1 aromatic carbocycles. The van der Waals surface area contributed by atoms with Gasteiger partial charge in [-0.15, -0.1) is 0 Å². The molecule has 0 aliphatic heterocycles. The number of anilines is 2. The van der Waals surface area contributed by atoms with Crippen LogP contribution in [0.2, 0.25) is 0 Å². The second kappa shape index (κ2) is 7.14. The molecular weight excluding hydrogens is 321 g/mol. The van der Waals surface area contributed by atoms with Gasteiger partial charge < -0.3 is 16.4 Å². The summed E-state index contributed by atoms with van der Waals surface area (Å²) in [6.45, 7) is 2.57. The highest BCUT2D eigenvalue weighted by Crippen LogP contribution is 2.41. The third kappa shape index (κ3) is 4.11. The number of aromatic nitrogens is 2.